The summed E-state index contributed by atoms with van der Waals surface area (Å²) in [5.74, 6) is 0.890. The van der Waals surface area contributed by atoms with Gasteiger partial charge in [-0.3, -0.25) is 14.5 Å². The molecule has 164 valence electrons. The van der Waals surface area contributed by atoms with E-state index in [-0.39, 0.29) is 41.9 Å². The number of likely N-dealkylation sites (tertiary alicyclic amines) is 1. The van der Waals surface area contributed by atoms with Crippen molar-refractivity contribution in [1.29, 1.82) is 0 Å². The number of hydrogen-bond acceptors (Lipinski definition) is 6. The predicted octanol–water partition coefficient (Wildman–Crippen LogP) is 2.70. The van der Waals surface area contributed by atoms with Crippen molar-refractivity contribution in [2.24, 2.45) is 17.6 Å². The number of imide groups is 1. The number of benzene rings is 1. The van der Waals surface area contributed by atoms with Crippen LogP contribution in [0.15, 0.2) is 41.4 Å². The summed E-state index contributed by atoms with van der Waals surface area (Å²) in [7, 11) is 1.67. The Morgan fingerprint density at radius 1 is 1.19 bits per heavy atom. The van der Waals surface area contributed by atoms with Gasteiger partial charge in [0.05, 0.1) is 31.2 Å². The molecule has 3 aliphatic heterocycles. The molecule has 2 amide bonds. The smallest absolute Gasteiger partial charge is 0.236 e. The van der Waals surface area contributed by atoms with Gasteiger partial charge in [0, 0.05) is 40.3 Å². The summed E-state index contributed by atoms with van der Waals surface area (Å²) in [6.45, 7) is 0.478. The van der Waals surface area contributed by atoms with E-state index in [0.29, 0.717) is 6.54 Å². The first-order chi connectivity index (χ1) is 15.1. The molecule has 5 rings (SSSR count). The molecule has 0 aliphatic carbocycles. The minimum atomic E-state index is -0.309. The Kier molecular flexibility index (Phi) is 5.54. The second-order valence-electron chi connectivity index (χ2n) is 8.46. The fourth-order valence-electron chi connectivity index (χ4n) is 4.86. The lowest BCUT2D eigenvalue weighted by Crippen LogP contribution is -2.35. The second kappa shape index (κ2) is 8.33. The van der Waals surface area contributed by atoms with Crippen molar-refractivity contribution in [3.63, 3.8) is 0 Å². The van der Waals surface area contributed by atoms with Gasteiger partial charge in [0.25, 0.3) is 0 Å². The largest absolute Gasteiger partial charge is 0.497 e. The fourth-order valence-corrected chi connectivity index (χ4v) is 5.89. The Bertz CT molecular complexity index is 1000. The zero-order chi connectivity index (χ0) is 21.5. The van der Waals surface area contributed by atoms with Crippen LogP contribution >= 0.6 is 11.8 Å². The van der Waals surface area contributed by atoms with Crippen LogP contribution < -0.4 is 10.5 Å². The lowest BCUT2D eigenvalue weighted by Gasteiger charge is -2.18. The number of carbonyl (C=O) groups is 2. The van der Waals surface area contributed by atoms with Crippen molar-refractivity contribution < 1.29 is 19.1 Å². The SMILES string of the molecule is COc1ccc2[nH]cc(SCC(N)CCCCN3C(=O)C4C5C=CC(O5)C4C3=O)c2c1. The van der Waals surface area contributed by atoms with Crippen LogP contribution in [-0.4, -0.2) is 59.4 Å². The van der Waals surface area contributed by atoms with Crippen LogP contribution in [0.25, 0.3) is 10.9 Å². The molecule has 4 heterocycles. The molecule has 8 heteroatoms. The van der Waals surface area contributed by atoms with Crippen LogP contribution in [0, 0.1) is 11.8 Å². The van der Waals surface area contributed by atoms with Crippen LogP contribution in [0.5, 0.6) is 5.75 Å². The number of rotatable bonds is 9. The quantitative estimate of drug-likeness (QED) is 0.269. The van der Waals surface area contributed by atoms with E-state index in [1.807, 2.05) is 36.5 Å². The minimum Gasteiger partial charge on any atom is -0.497 e. The molecule has 1 aromatic carbocycles. The average molecular weight is 442 g/mol. The number of nitrogens with one attached hydrogen (secondary N) is 1. The molecule has 0 saturated carbocycles. The number of unbranched alkanes of at least 4 members (excludes halogenated alkanes) is 1. The molecule has 5 atom stereocenters. The number of ether oxygens (including phenoxy) is 2. The number of carbonyl (C=O) groups excluding carboxylic acids is 2. The Morgan fingerprint density at radius 3 is 2.65 bits per heavy atom. The highest BCUT2D eigenvalue weighted by Crippen LogP contribution is 2.45. The highest BCUT2D eigenvalue weighted by Gasteiger charge is 2.60. The van der Waals surface area contributed by atoms with Crippen molar-refractivity contribution in [3.05, 3.63) is 36.5 Å². The van der Waals surface area contributed by atoms with Gasteiger partial charge in [0.2, 0.25) is 11.8 Å². The first-order valence-electron chi connectivity index (χ1n) is 10.8. The van der Waals surface area contributed by atoms with Crippen LogP contribution in [0.3, 0.4) is 0 Å². The molecule has 3 N–H and O–H groups in total. The zero-order valence-corrected chi connectivity index (χ0v) is 18.3. The molecule has 1 aromatic heterocycles. The highest BCUT2D eigenvalue weighted by molar-refractivity contribution is 7.99. The Morgan fingerprint density at radius 2 is 1.94 bits per heavy atom. The molecule has 2 fully saturated rings. The molecule has 2 saturated heterocycles. The van der Waals surface area contributed by atoms with Crippen LogP contribution in [0.2, 0.25) is 0 Å². The van der Waals surface area contributed by atoms with Gasteiger partial charge in [0.1, 0.15) is 5.75 Å². The number of nitrogens with two attached hydrogens (primary N) is 1. The van der Waals surface area contributed by atoms with Crippen LogP contribution in [0.1, 0.15) is 19.3 Å². The summed E-state index contributed by atoms with van der Waals surface area (Å²) in [5.41, 5.74) is 7.41. The maximum Gasteiger partial charge on any atom is 0.236 e. The van der Waals surface area contributed by atoms with Crippen molar-refractivity contribution in [2.45, 2.75) is 42.4 Å². The van der Waals surface area contributed by atoms with E-state index >= 15 is 0 Å². The maximum absolute atomic E-state index is 12.7. The van der Waals surface area contributed by atoms with E-state index in [4.69, 9.17) is 15.2 Å². The third-order valence-corrected chi connectivity index (χ3v) is 7.76. The second-order valence-corrected chi connectivity index (χ2v) is 9.52. The number of amides is 2. The summed E-state index contributed by atoms with van der Waals surface area (Å²) in [5, 5.41) is 1.14. The molecule has 3 aliphatic rings. The van der Waals surface area contributed by atoms with Gasteiger partial charge in [-0.1, -0.05) is 18.6 Å². The Hall–Kier alpha value is -2.29. The summed E-state index contributed by atoms with van der Waals surface area (Å²) in [6, 6.07) is 6.04. The highest BCUT2D eigenvalue weighted by atomic mass is 32.2. The molecule has 0 radical (unpaired) electrons. The predicted molar refractivity (Wildman–Crippen MR) is 119 cm³/mol. The summed E-state index contributed by atoms with van der Waals surface area (Å²) >= 11 is 1.74. The summed E-state index contributed by atoms with van der Waals surface area (Å²) < 4.78 is 11.0. The Balaban J connectivity index is 1.07. The van der Waals surface area contributed by atoms with E-state index in [1.54, 1.807) is 18.9 Å². The average Bonchev–Trinajstić information content (AvgIpc) is 3.54. The standard InChI is InChI=1S/C23H27N3O4S/c1-29-14-5-6-16-15(10-14)19(11-25-16)31-12-13(24)4-2-3-9-26-22(27)20-17-7-8-18(30-17)21(20)23(26)28/h5-8,10-11,13,17-18,20-21,25H,2-4,9,12,24H2,1H3. The number of aromatic nitrogens is 1. The molecule has 2 aromatic rings. The van der Waals surface area contributed by atoms with Gasteiger partial charge >= 0.3 is 0 Å². The number of methoxy groups -OCH3 is 1. The third kappa shape index (κ3) is 3.66. The van der Waals surface area contributed by atoms with Gasteiger partial charge in [0.15, 0.2) is 0 Å². The number of hydrogen-bond donors (Lipinski definition) is 2. The van der Waals surface area contributed by atoms with E-state index in [1.165, 1.54) is 4.90 Å². The van der Waals surface area contributed by atoms with E-state index in [0.717, 1.165) is 46.6 Å². The molecule has 7 nitrogen and oxygen atoms in total. The topological polar surface area (TPSA) is 97.7 Å². The van der Waals surface area contributed by atoms with Gasteiger partial charge < -0.3 is 20.2 Å². The van der Waals surface area contributed by atoms with Crippen molar-refractivity contribution in [1.82, 2.24) is 9.88 Å². The molecule has 31 heavy (non-hydrogen) atoms. The first kappa shape index (κ1) is 20.6. The zero-order valence-electron chi connectivity index (χ0n) is 17.5. The minimum absolute atomic E-state index is 0.0540. The summed E-state index contributed by atoms with van der Waals surface area (Å²) in [6.07, 6.45) is 7.94. The van der Waals surface area contributed by atoms with Gasteiger partial charge in [-0.05, 0) is 31.0 Å². The number of thioether (sulfide) groups is 1. The molecular formula is C23H27N3O4S. The number of H-pyrrole nitrogens is 1. The lowest BCUT2D eigenvalue weighted by atomic mass is 9.85. The molecular weight excluding hydrogens is 414 g/mol. The van der Waals surface area contributed by atoms with E-state index < -0.39 is 0 Å². The number of aromatic amines is 1. The van der Waals surface area contributed by atoms with Gasteiger partial charge in [-0.2, -0.15) is 0 Å². The molecule has 0 spiro atoms. The first-order valence-corrected chi connectivity index (χ1v) is 11.8. The monoisotopic (exact) mass is 441 g/mol. The Labute approximate surface area is 185 Å². The summed E-state index contributed by atoms with van der Waals surface area (Å²) in [4.78, 5) is 31.2. The van der Waals surface area contributed by atoms with Crippen LogP contribution in [-0.2, 0) is 14.3 Å². The van der Waals surface area contributed by atoms with E-state index in [2.05, 4.69) is 4.98 Å². The van der Waals surface area contributed by atoms with Crippen molar-refractivity contribution >= 4 is 34.5 Å². The van der Waals surface area contributed by atoms with Gasteiger partial charge in [-0.25, -0.2) is 0 Å². The molecule has 5 unspecified atom stereocenters. The van der Waals surface area contributed by atoms with Gasteiger partial charge in [-0.15, -0.1) is 11.8 Å². The molecule has 2 bridgehead atoms. The number of nitrogens with zero attached hydrogens (tertiary/aromatic N) is 1. The normalized spacial score (nSPS) is 27.5. The lowest BCUT2D eigenvalue weighted by molar-refractivity contribution is -0.142. The van der Waals surface area contributed by atoms with Crippen molar-refractivity contribution in [3.8, 4) is 5.75 Å². The van der Waals surface area contributed by atoms with Crippen LogP contribution in [0.4, 0.5) is 0 Å². The maximum atomic E-state index is 12.7. The van der Waals surface area contributed by atoms with E-state index in [9.17, 15) is 9.59 Å². The fraction of sp³-hybridized carbons (Fsp3) is 0.478. The number of fused-ring (bicyclic) bond motifs is 6. The van der Waals surface area contributed by atoms with Crippen molar-refractivity contribution in [2.75, 3.05) is 19.4 Å². The third-order valence-electron chi connectivity index (χ3n) is 6.51.